The number of hydrogen-bond donors (Lipinski definition) is 2. The summed E-state index contributed by atoms with van der Waals surface area (Å²) in [5, 5.41) is 51.8. The molecule has 0 spiro atoms. The third kappa shape index (κ3) is 15.0. The van der Waals surface area contributed by atoms with Gasteiger partial charge in [-0.2, -0.15) is 15.8 Å². The third-order valence-electron chi connectivity index (χ3n) is 18.0. The SMILES string of the molecule is [C-]#[N+]c1c(C#N)c2nc(-c3ccc(-c4ccccc4)cc3)nn2/c1=C/c1ccccc1.[C-]#[N+]c1c(C#N)c2nc(-c3ccccc3)nn2/c1=C/c1ccccc1.[C-]#[N+]c1c(C)c2nc(-c3ccccn3)nn2/c1=C/c1ccccn1.[C-]#[N+]c1cn2[nH]c(-c3ccccn3)nc2c1C#N.[C-]#[N+]c1cn2[nH]c(-c3cccs3)nc2c1C(=O)OC. The number of nitriles is 3. The van der Waals surface area contributed by atoms with Crippen LogP contribution in [0.15, 0.2) is 249 Å². The molecule has 0 radical (unpaired) electrons. The minimum Gasteiger partial charge on any atom is -0.466 e. The van der Waals surface area contributed by atoms with Gasteiger partial charge in [-0.05, 0) is 95.3 Å². The summed E-state index contributed by atoms with van der Waals surface area (Å²) in [5.41, 5.74) is 13.7. The first-order chi connectivity index (χ1) is 57.4. The number of aromatic nitrogens is 18. The molecule has 0 aliphatic heterocycles. The molecule has 0 bridgehead atoms. The number of aryl methyl sites for hydroxylation is 1. The van der Waals surface area contributed by atoms with Crippen LogP contribution in [0.2, 0.25) is 0 Å². The lowest BCUT2D eigenvalue weighted by molar-refractivity contribution is 0.0604. The number of benzene rings is 5. The zero-order valence-electron chi connectivity index (χ0n) is 61.4. The Balaban J connectivity index is 0.000000116. The molecular formula is C88H52N26O2S. The number of thiophene rings is 1. The van der Waals surface area contributed by atoms with Crippen LogP contribution in [-0.2, 0) is 4.74 Å². The summed E-state index contributed by atoms with van der Waals surface area (Å²) < 4.78 is 12.7. The number of carbonyl (C=O) groups is 1. The van der Waals surface area contributed by atoms with Gasteiger partial charge in [0.15, 0.2) is 45.9 Å². The zero-order valence-corrected chi connectivity index (χ0v) is 62.2. The van der Waals surface area contributed by atoms with Crippen LogP contribution in [0.4, 0.5) is 28.4 Å². The van der Waals surface area contributed by atoms with Crippen molar-refractivity contribution in [3.63, 3.8) is 0 Å². The summed E-state index contributed by atoms with van der Waals surface area (Å²) in [6.45, 7) is 38.5. The molecule has 0 unspecified atom stereocenters. The van der Waals surface area contributed by atoms with Crippen LogP contribution in [0.25, 0.3) is 138 Å². The van der Waals surface area contributed by atoms with Crippen LogP contribution >= 0.6 is 11.3 Å². The number of hydrogen-bond acceptors (Lipinski definition) is 17. The highest BCUT2D eigenvalue weighted by Crippen LogP contribution is 2.32. The molecule has 0 atom stereocenters. The van der Waals surface area contributed by atoms with Gasteiger partial charge in [-0.3, -0.25) is 34.2 Å². The Morgan fingerprint density at radius 3 is 1.40 bits per heavy atom. The molecule has 117 heavy (non-hydrogen) atoms. The summed E-state index contributed by atoms with van der Waals surface area (Å²) in [4.78, 5) is 65.1. The first-order valence-corrected chi connectivity index (χ1v) is 36.1. The fourth-order valence-corrected chi connectivity index (χ4v) is 13.2. The van der Waals surface area contributed by atoms with Gasteiger partial charge in [0.2, 0.25) is 34.3 Å². The molecule has 0 amide bonds. The molecule has 0 aliphatic carbocycles. The number of ether oxygens (including phenoxy) is 1. The van der Waals surface area contributed by atoms with Gasteiger partial charge in [-0.15, -0.1) is 26.6 Å². The van der Waals surface area contributed by atoms with Crippen LogP contribution in [0.1, 0.15) is 49.4 Å². The minimum atomic E-state index is -0.558. The van der Waals surface area contributed by atoms with E-state index in [4.69, 9.17) is 42.9 Å². The number of H-pyrrole nitrogens is 2. The normalized spacial score (nSPS) is 11.1. The number of fused-ring (bicyclic) bond motifs is 5. The summed E-state index contributed by atoms with van der Waals surface area (Å²) in [6.07, 6.45) is 13.8. The molecule has 0 aliphatic rings. The Labute approximate surface area is 668 Å². The van der Waals surface area contributed by atoms with Gasteiger partial charge < -0.3 is 4.74 Å². The van der Waals surface area contributed by atoms with Gasteiger partial charge in [0, 0.05) is 47.7 Å². The summed E-state index contributed by atoms with van der Waals surface area (Å²) in [7, 11) is 1.28. The van der Waals surface area contributed by atoms with E-state index in [1.54, 1.807) is 64.9 Å². The van der Waals surface area contributed by atoms with Gasteiger partial charge in [-0.1, -0.05) is 170 Å². The van der Waals surface area contributed by atoms with E-state index in [-0.39, 0.29) is 39.3 Å². The van der Waals surface area contributed by atoms with Crippen molar-refractivity contribution in [3.05, 3.63) is 366 Å². The fourth-order valence-electron chi connectivity index (χ4n) is 12.5. The standard InChI is InChI=1S/C26H15N5.C20H11N5.C18H12N6.C12H6N6.C12H8N4O2S/c1-28-24-22(17-27)26-29-25(30-31(26)23(24)16-18-8-4-2-5-9-18)21-14-12-20(13-15-21)19-10-6-3-7-11-19;1-22-18-16(13-21)20-23-19(15-10-6-3-7-11-15)24-25(20)17(18)12-14-8-4-2-5-9-14;1-12-16(19-2)15(11-13-7-3-5-9-20-13)24-18(12)22-17(23-24)14-8-4-6-10-21-14;1-14-10-7-18-12(8(10)6-13)16-11(17-18)9-4-2-3-5-15-9;1-13-7-6-16-11(9(7)12(17)18-2)14-10(15-16)8-4-3-5-19-8/h2-16H;2-12H;3-11H,1H3;2-5,7H,(H,16,17);3-6H,2H3,(H,14,15)/b23-16+;17-12+;15-11+;;. The van der Waals surface area contributed by atoms with Crippen molar-refractivity contribution in [2.45, 2.75) is 6.92 Å². The lowest BCUT2D eigenvalue weighted by Crippen LogP contribution is -2.10. The van der Waals surface area contributed by atoms with E-state index in [9.17, 15) is 15.3 Å². The predicted octanol–water partition coefficient (Wildman–Crippen LogP) is 15.9. The molecule has 552 valence electrons. The average molecular weight is 1540 g/mol. The van der Waals surface area contributed by atoms with Gasteiger partial charge >= 0.3 is 5.97 Å². The third-order valence-corrected chi connectivity index (χ3v) is 18.8. The summed E-state index contributed by atoms with van der Waals surface area (Å²) in [6, 6.07) is 73.9. The molecule has 19 aromatic rings. The second-order valence-electron chi connectivity index (χ2n) is 25.0. The number of pyridine rings is 3. The Kier molecular flexibility index (Phi) is 21.3. The number of nitrogens with zero attached hydrogens (tertiary/aromatic N) is 24. The van der Waals surface area contributed by atoms with E-state index in [1.807, 2.05) is 237 Å². The highest BCUT2D eigenvalue weighted by Gasteiger charge is 2.25. The van der Waals surface area contributed by atoms with Crippen LogP contribution in [0.3, 0.4) is 0 Å². The summed E-state index contributed by atoms with van der Waals surface area (Å²) in [5.74, 6) is 2.26. The monoisotopic (exact) mass is 1540 g/mol. The van der Waals surface area contributed by atoms with Gasteiger partial charge in [0.25, 0.3) is 0 Å². The maximum Gasteiger partial charge on any atom is 0.331 e. The number of rotatable bonds is 10. The van der Waals surface area contributed by atoms with Gasteiger partial charge in [0.1, 0.15) is 39.3 Å². The maximum absolute atomic E-state index is 11.7. The molecule has 0 saturated heterocycles. The lowest BCUT2D eigenvalue weighted by Gasteiger charge is -2.02. The first-order valence-electron chi connectivity index (χ1n) is 35.2. The molecule has 29 heteroatoms. The summed E-state index contributed by atoms with van der Waals surface area (Å²) >= 11 is 1.54. The van der Waals surface area contributed by atoms with E-state index in [0.717, 1.165) is 49.5 Å². The van der Waals surface area contributed by atoms with Crippen molar-refractivity contribution in [1.82, 2.24) is 87.9 Å². The molecule has 2 N–H and O–H groups in total. The van der Waals surface area contributed by atoms with Gasteiger partial charge in [0.05, 0.1) is 84.8 Å². The van der Waals surface area contributed by atoms with Crippen LogP contribution < -0.4 is 16.0 Å². The molecule has 14 aromatic heterocycles. The van der Waals surface area contributed by atoms with Crippen molar-refractivity contribution in [1.29, 1.82) is 15.8 Å². The lowest BCUT2D eigenvalue weighted by atomic mass is 10.0. The Hall–Kier alpha value is -18.0. The minimum absolute atomic E-state index is 0.191. The Bertz CT molecular complexity index is 7470. The Morgan fingerprint density at radius 2 is 0.889 bits per heavy atom. The van der Waals surface area contributed by atoms with E-state index in [2.05, 4.69) is 114 Å². The van der Waals surface area contributed by atoms with Crippen molar-refractivity contribution in [2.24, 2.45) is 0 Å². The number of esters is 1. The van der Waals surface area contributed by atoms with E-state index in [1.165, 1.54) is 7.11 Å². The first kappa shape index (κ1) is 74.5. The molecule has 28 nitrogen and oxygen atoms in total. The van der Waals surface area contributed by atoms with Crippen molar-refractivity contribution >= 4 is 92.2 Å². The molecule has 19 rings (SSSR count). The topological polar surface area (TPSA) is 315 Å². The van der Waals surface area contributed by atoms with E-state index < -0.39 is 5.97 Å². The van der Waals surface area contributed by atoms with Gasteiger partial charge in [-0.25, -0.2) is 67.5 Å². The highest BCUT2D eigenvalue weighted by atomic mass is 32.1. The highest BCUT2D eigenvalue weighted by molar-refractivity contribution is 7.13. The predicted molar refractivity (Wildman–Crippen MR) is 439 cm³/mol. The second-order valence-corrected chi connectivity index (χ2v) is 26.0. The average Bonchev–Trinajstić information content (AvgIpc) is 1.50. The van der Waals surface area contributed by atoms with Crippen molar-refractivity contribution in [3.8, 4) is 85.8 Å². The number of aromatic amines is 2. The van der Waals surface area contributed by atoms with Crippen molar-refractivity contribution in [2.75, 3.05) is 7.11 Å². The van der Waals surface area contributed by atoms with Crippen LogP contribution in [0, 0.1) is 73.8 Å². The zero-order chi connectivity index (χ0) is 80.9. The van der Waals surface area contributed by atoms with E-state index >= 15 is 0 Å². The maximum atomic E-state index is 11.7. The second kappa shape index (κ2) is 33.5. The largest absolute Gasteiger partial charge is 0.466 e. The van der Waals surface area contributed by atoms with Crippen molar-refractivity contribution < 1.29 is 9.53 Å². The van der Waals surface area contributed by atoms with Crippen LogP contribution in [0.5, 0.6) is 0 Å². The quantitative estimate of drug-likeness (QED) is 0.0949. The van der Waals surface area contributed by atoms with Crippen LogP contribution in [-0.4, -0.2) is 101 Å². The molecular weight excluding hydrogens is 1490 g/mol. The molecule has 5 aromatic carbocycles. The number of carbonyl (C=O) groups excluding carboxylic acids is 1. The number of nitrogens with one attached hydrogen (secondary N) is 2. The number of methoxy groups -OCH3 is 1. The smallest absolute Gasteiger partial charge is 0.331 e. The molecule has 0 fully saturated rings. The molecule has 14 heterocycles. The fraction of sp³-hybridized carbons (Fsp3) is 0.0227. The molecule has 0 saturated carbocycles. The Morgan fingerprint density at radius 1 is 0.436 bits per heavy atom. The van der Waals surface area contributed by atoms with E-state index in [0.29, 0.717) is 96.2 Å².